The third kappa shape index (κ3) is 5.46. The van der Waals surface area contributed by atoms with Gasteiger partial charge in [0.1, 0.15) is 0 Å². The van der Waals surface area contributed by atoms with E-state index in [4.69, 9.17) is 0 Å². The van der Waals surface area contributed by atoms with E-state index < -0.39 is 0 Å². The summed E-state index contributed by atoms with van der Waals surface area (Å²) in [6.45, 7) is 0. The third-order valence-electron chi connectivity index (χ3n) is 14.3. The summed E-state index contributed by atoms with van der Waals surface area (Å²) in [5.41, 5.74) is 10.4. The van der Waals surface area contributed by atoms with Crippen LogP contribution in [0.1, 0.15) is 0 Å². The van der Waals surface area contributed by atoms with Crippen LogP contribution in [0.3, 0.4) is 0 Å². The van der Waals surface area contributed by atoms with Gasteiger partial charge in [0.2, 0.25) is 0 Å². The molecule has 0 nitrogen and oxygen atoms in total. The maximum atomic E-state index is 2.54. The first kappa shape index (κ1) is 37.8. The molecule has 0 saturated heterocycles. The van der Waals surface area contributed by atoms with Crippen molar-refractivity contribution in [2.45, 2.75) is 0 Å². The Morgan fingerprint density at radius 2 is 0.597 bits per heavy atom. The average molecular weight is 948 g/mol. The number of rotatable bonds is 4. The summed E-state index contributed by atoms with van der Waals surface area (Å²) in [7, 11) is 0. The summed E-state index contributed by atoms with van der Waals surface area (Å²) < 4.78 is 8.21. The van der Waals surface area contributed by atoms with Crippen molar-refractivity contribution >= 4 is 140 Å². The van der Waals surface area contributed by atoms with Crippen LogP contribution in [0, 0.1) is 0 Å². The Morgan fingerprint density at radius 3 is 1.04 bits per heavy atom. The summed E-state index contributed by atoms with van der Waals surface area (Å²) in [6, 6.07) is 82.6. The van der Waals surface area contributed by atoms with Crippen LogP contribution in [0.2, 0.25) is 0 Å². The quantitative estimate of drug-likeness (QED) is 0.122. The van der Waals surface area contributed by atoms with Gasteiger partial charge >= 0.3 is 379 Å². The molecule has 0 bridgehead atoms. The zero-order valence-electron chi connectivity index (χ0n) is 36.0. The number of hydrogen-bond acceptors (Lipinski definition) is 2. The number of fused-ring (bicyclic) bond motifs is 13. The predicted octanol–water partition coefficient (Wildman–Crippen LogP) is 19.1. The molecule has 0 aliphatic heterocycles. The fourth-order valence-electron chi connectivity index (χ4n) is 11.6. The predicted molar refractivity (Wildman–Crippen MR) is 296 cm³/mol. The van der Waals surface area contributed by atoms with Crippen molar-refractivity contribution < 1.29 is 0 Å². The second-order valence-corrected chi connectivity index (χ2v) is 22.2. The van der Waals surface area contributed by atoms with Gasteiger partial charge in [-0.15, -0.1) is 0 Å². The van der Waals surface area contributed by atoms with Gasteiger partial charge in [0, 0.05) is 0 Å². The molecule has 0 spiro atoms. The van der Waals surface area contributed by atoms with E-state index in [1.807, 2.05) is 22.7 Å². The normalized spacial score (nSPS) is 12.2. The Kier molecular flexibility index (Phi) is 8.22. The molecule has 0 aliphatic rings. The molecule has 0 fully saturated rings. The molecule has 0 atom stereocenters. The monoisotopic (exact) mass is 948 g/mol. The van der Waals surface area contributed by atoms with Crippen LogP contribution in [-0.2, 0) is 0 Å². The van der Waals surface area contributed by atoms with Crippen LogP contribution in [0.15, 0.2) is 218 Å². The van der Waals surface area contributed by atoms with E-state index in [1.54, 1.807) is 0 Å². The first-order valence-corrected chi connectivity index (χ1v) is 26.3. The molecule has 67 heavy (non-hydrogen) atoms. The van der Waals surface area contributed by atoms with E-state index in [2.05, 4.69) is 218 Å². The van der Waals surface area contributed by atoms with Crippen LogP contribution < -0.4 is 0 Å². The van der Waals surface area contributed by atoms with Crippen molar-refractivity contribution in [3.05, 3.63) is 218 Å². The molecule has 310 valence electrons. The molecule has 15 aromatic rings. The van der Waals surface area contributed by atoms with Gasteiger partial charge in [-0.05, 0) is 6.07 Å². The molecule has 0 aliphatic carbocycles. The number of benzene rings is 12. The van der Waals surface area contributed by atoms with Gasteiger partial charge in [-0.1, -0.05) is 18.2 Å². The van der Waals surface area contributed by atoms with E-state index in [9.17, 15) is 0 Å². The molecular weight excluding hydrogens is 912 g/mol. The van der Waals surface area contributed by atoms with Gasteiger partial charge in [-0.3, -0.25) is 0 Å². The van der Waals surface area contributed by atoms with E-state index in [0.717, 1.165) is 0 Å². The van der Waals surface area contributed by atoms with E-state index in [0.29, 0.717) is 0 Å². The molecule has 3 heteroatoms. The van der Waals surface area contributed by atoms with E-state index in [-0.39, 0.29) is 14.5 Å². The first-order valence-electron chi connectivity index (χ1n) is 22.9. The molecule has 0 saturated carbocycles. The molecule has 0 N–H and O–H groups in total. The van der Waals surface area contributed by atoms with Gasteiger partial charge in [0.15, 0.2) is 0 Å². The SMILES string of the molecule is c1ccc2c(c1)sc1cccc(-c3c4ccccc4c(-c4ccc5[se]c6cccc(-c7c8ccccc8c(-c8cccc9sc%10ccccc%10c89)c8ccccc78)c6c5c4)c4ccccc34)c12. The zero-order valence-corrected chi connectivity index (χ0v) is 39.4. The van der Waals surface area contributed by atoms with Crippen molar-refractivity contribution in [2.75, 3.05) is 0 Å². The third-order valence-corrected chi connectivity index (χ3v) is 18.9. The van der Waals surface area contributed by atoms with Crippen molar-refractivity contribution in [3.63, 3.8) is 0 Å². The Labute approximate surface area is 400 Å². The summed E-state index contributed by atoms with van der Waals surface area (Å²) in [5, 5.41) is 18.4. The van der Waals surface area contributed by atoms with Gasteiger partial charge in [0.05, 0.1) is 0 Å². The topological polar surface area (TPSA) is 0 Å². The van der Waals surface area contributed by atoms with Crippen molar-refractivity contribution in [2.24, 2.45) is 0 Å². The standard InChI is InChI=1S/C64H36S2Se/c1-3-18-40-38(16-1)58(39-17-2-4-19-41(39)59(40)48-26-13-31-54-62(48)46-24-9-11-29-52(46)65-54)37-34-35-56-51(36-37)64-50(28-15-33-57(64)67-56)61-44-22-7-5-20-42(44)60(43-21-6-8-23-45(43)61)49-27-14-32-55-63(49)47-25-10-12-30-53(47)66-55/h1-36H. The van der Waals surface area contributed by atoms with Gasteiger partial charge in [0.25, 0.3) is 0 Å². The van der Waals surface area contributed by atoms with Crippen LogP contribution in [0.5, 0.6) is 0 Å². The Morgan fingerprint density at radius 1 is 0.239 bits per heavy atom. The molecule has 0 amide bonds. The van der Waals surface area contributed by atoms with Crippen LogP contribution in [0.25, 0.3) is 147 Å². The first-order chi connectivity index (χ1) is 33.3. The summed E-state index contributed by atoms with van der Waals surface area (Å²) >= 11 is 3.96. The molecule has 0 radical (unpaired) electrons. The molecule has 12 aromatic carbocycles. The second kappa shape index (κ2) is 14.6. The zero-order chi connectivity index (χ0) is 43.7. The molecule has 0 unspecified atom stereocenters. The summed E-state index contributed by atoms with van der Waals surface area (Å²) in [5.74, 6) is 0. The molecular formula is C64H36S2Se. The van der Waals surface area contributed by atoms with E-state index >= 15 is 0 Å². The van der Waals surface area contributed by atoms with E-state index in [1.165, 1.54) is 147 Å². The van der Waals surface area contributed by atoms with Gasteiger partial charge in [-0.2, -0.15) is 0 Å². The van der Waals surface area contributed by atoms with Crippen molar-refractivity contribution in [1.82, 2.24) is 0 Å². The minimum atomic E-state index is 0.177. The Balaban J connectivity index is 1.00. The van der Waals surface area contributed by atoms with Gasteiger partial charge in [-0.25, -0.2) is 0 Å². The Hall–Kier alpha value is -7.36. The average Bonchev–Trinajstić information content (AvgIpc) is 4.09. The minimum absolute atomic E-state index is 0.177. The maximum absolute atomic E-state index is 2.54. The fraction of sp³-hybridized carbons (Fsp3) is 0. The van der Waals surface area contributed by atoms with Crippen molar-refractivity contribution in [1.29, 1.82) is 0 Å². The van der Waals surface area contributed by atoms with Crippen LogP contribution >= 0.6 is 22.7 Å². The molecule has 3 heterocycles. The van der Waals surface area contributed by atoms with Crippen molar-refractivity contribution in [3.8, 4) is 44.5 Å². The number of hydrogen-bond donors (Lipinski definition) is 0. The van der Waals surface area contributed by atoms with Crippen LogP contribution in [-0.4, -0.2) is 14.5 Å². The summed E-state index contributed by atoms with van der Waals surface area (Å²) in [4.78, 5) is 0. The van der Waals surface area contributed by atoms with Crippen LogP contribution in [0.4, 0.5) is 0 Å². The molecule has 15 rings (SSSR count). The van der Waals surface area contributed by atoms with Gasteiger partial charge < -0.3 is 0 Å². The Bertz CT molecular complexity index is 4470. The number of thiophene rings is 2. The fourth-order valence-corrected chi connectivity index (χ4v) is 16.2. The summed E-state index contributed by atoms with van der Waals surface area (Å²) in [6.07, 6.45) is 0. The molecule has 3 aromatic heterocycles. The second-order valence-electron chi connectivity index (χ2n) is 17.7.